The average molecular weight is 315 g/mol. The molecule has 1 atom stereocenters. The quantitative estimate of drug-likeness (QED) is 0.808. The van der Waals surface area contributed by atoms with Gasteiger partial charge in [0.25, 0.3) is 5.91 Å². The van der Waals surface area contributed by atoms with E-state index in [-0.39, 0.29) is 0 Å². The van der Waals surface area contributed by atoms with Gasteiger partial charge in [-0.25, -0.2) is 4.79 Å². The standard InChI is InChI=1S/C13H12F3N3O3/c14-13(15,16)12(8-4-2-1-3-5-8)10(21)19(11(22)18-12)7-6-9(17)20/h1-5H,6-7H2,(H2,17,20)(H,18,22). The van der Waals surface area contributed by atoms with Crippen LogP contribution in [0.3, 0.4) is 0 Å². The maximum atomic E-state index is 13.5. The first-order valence-electron chi connectivity index (χ1n) is 6.25. The van der Waals surface area contributed by atoms with E-state index in [0.29, 0.717) is 4.90 Å². The monoisotopic (exact) mass is 315 g/mol. The number of nitrogens with one attached hydrogen (secondary N) is 1. The average Bonchev–Trinajstić information content (AvgIpc) is 2.69. The highest BCUT2D eigenvalue weighted by molar-refractivity contribution is 6.08. The molecule has 0 spiro atoms. The third-order valence-corrected chi connectivity index (χ3v) is 3.32. The highest BCUT2D eigenvalue weighted by atomic mass is 19.4. The van der Waals surface area contributed by atoms with Crippen LogP contribution in [0.2, 0.25) is 0 Å². The maximum Gasteiger partial charge on any atom is 0.425 e. The number of carbonyl (C=O) groups excluding carboxylic acids is 3. The van der Waals surface area contributed by atoms with Crippen LogP contribution in [-0.4, -0.2) is 35.5 Å². The molecular weight excluding hydrogens is 303 g/mol. The van der Waals surface area contributed by atoms with E-state index >= 15 is 0 Å². The fourth-order valence-corrected chi connectivity index (χ4v) is 2.24. The van der Waals surface area contributed by atoms with E-state index in [1.807, 2.05) is 0 Å². The van der Waals surface area contributed by atoms with Gasteiger partial charge in [-0.05, 0) is 5.56 Å². The summed E-state index contributed by atoms with van der Waals surface area (Å²) in [6, 6.07) is 5.13. The second kappa shape index (κ2) is 5.32. The minimum Gasteiger partial charge on any atom is -0.370 e. The van der Waals surface area contributed by atoms with E-state index in [2.05, 4.69) is 0 Å². The lowest BCUT2D eigenvalue weighted by Crippen LogP contribution is -2.55. The topological polar surface area (TPSA) is 92.5 Å². The molecule has 0 bridgehead atoms. The second-order valence-electron chi connectivity index (χ2n) is 4.72. The summed E-state index contributed by atoms with van der Waals surface area (Å²) in [4.78, 5) is 35.1. The molecule has 1 heterocycles. The van der Waals surface area contributed by atoms with Crippen LogP contribution < -0.4 is 11.1 Å². The summed E-state index contributed by atoms with van der Waals surface area (Å²) >= 11 is 0. The van der Waals surface area contributed by atoms with Crippen LogP contribution in [0.15, 0.2) is 30.3 Å². The van der Waals surface area contributed by atoms with Crippen LogP contribution in [0.5, 0.6) is 0 Å². The predicted molar refractivity (Wildman–Crippen MR) is 68.2 cm³/mol. The summed E-state index contributed by atoms with van der Waals surface area (Å²) in [6.07, 6.45) is -5.45. The van der Waals surface area contributed by atoms with Gasteiger partial charge in [0.2, 0.25) is 11.4 Å². The van der Waals surface area contributed by atoms with Gasteiger partial charge in [0, 0.05) is 13.0 Å². The summed E-state index contributed by atoms with van der Waals surface area (Å²) in [6.45, 7) is -0.509. The first-order valence-corrected chi connectivity index (χ1v) is 6.25. The van der Waals surface area contributed by atoms with E-state index in [1.54, 1.807) is 5.32 Å². The van der Waals surface area contributed by atoms with Gasteiger partial charge in [0.1, 0.15) is 0 Å². The van der Waals surface area contributed by atoms with Gasteiger partial charge in [0.15, 0.2) is 0 Å². The number of nitrogens with two attached hydrogens (primary N) is 1. The van der Waals surface area contributed by atoms with Crippen LogP contribution in [0.25, 0.3) is 0 Å². The number of amides is 4. The molecule has 2 rings (SSSR count). The number of carbonyl (C=O) groups is 3. The van der Waals surface area contributed by atoms with Crippen molar-refractivity contribution >= 4 is 17.8 Å². The number of imide groups is 1. The third-order valence-electron chi connectivity index (χ3n) is 3.32. The second-order valence-corrected chi connectivity index (χ2v) is 4.72. The maximum absolute atomic E-state index is 13.5. The normalized spacial score (nSPS) is 21.9. The van der Waals surface area contributed by atoms with Crippen LogP contribution in [-0.2, 0) is 15.1 Å². The molecule has 3 N–H and O–H groups in total. The number of nitrogens with zero attached hydrogens (tertiary/aromatic N) is 1. The molecule has 0 aliphatic carbocycles. The molecular formula is C13H12F3N3O3. The van der Waals surface area contributed by atoms with E-state index < -0.39 is 48.1 Å². The summed E-state index contributed by atoms with van der Waals surface area (Å²) in [7, 11) is 0. The molecule has 4 amide bonds. The molecule has 1 aliphatic rings. The number of urea groups is 1. The molecule has 1 aliphatic heterocycles. The molecule has 1 unspecified atom stereocenters. The molecule has 118 valence electrons. The molecule has 22 heavy (non-hydrogen) atoms. The zero-order chi connectivity index (χ0) is 16.5. The van der Waals surface area contributed by atoms with Crippen molar-refractivity contribution < 1.29 is 27.6 Å². The Morgan fingerprint density at radius 2 is 1.82 bits per heavy atom. The number of halogens is 3. The van der Waals surface area contributed by atoms with Gasteiger partial charge in [-0.2, -0.15) is 13.2 Å². The SMILES string of the molecule is NC(=O)CCN1C(=O)NC(c2ccccc2)(C(F)(F)F)C1=O. The molecule has 1 fully saturated rings. The third kappa shape index (κ3) is 2.38. The van der Waals surface area contributed by atoms with Gasteiger partial charge < -0.3 is 11.1 Å². The number of hydrogen-bond acceptors (Lipinski definition) is 3. The van der Waals surface area contributed by atoms with E-state index in [1.165, 1.54) is 18.2 Å². The van der Waals surface area contributed by atoms with Gasteiger partial charge in [0.05, 0.1) is 0 Å². The first-order chi connectivity index (χ1) is 10.2. The van der Waals surface area contributed by atoms with E-state index in [4.69, 9.17) is 5.73 Å². The summed E-state index contributed by atoms with van der Waals surface area (Å²) < 4.78 is 40.6. The smallest absolute Gasteiger partial charge is 0.370 e. The minimum absolute atomic E-state index is 0.352. The van der Waals surface area contributed by atoms with Crippen molar-refractivity contribution in [1.29, 1.82) is 0 Å². The molecule has 9 heteroatoms. The van der Waals surface area contributed by atoms with Crippen molar-refractivity contribution in [1.82, 2.24) is 10.2 Å². The van der Waals surface area contributed by atoms with Crippen LogP contribution in [0.1, 0.15) is 12.0 Å². The Morgan fingerprint density at radius 3 is 2.32 bits per heavy atom. The van der Waals surface area contributed by atoms with Crippen LogP contribution >= 0.6 is 0 Å². The summed E-state index contributed by atoms with van der Waals surface area (Å²) in [5.74, 6) is -2.30. The minimum atomic E-state index is -5.04. The van der Waals surface area contributed by atoms with E-state index in [0.717, 1.165) is 12.1 Å². The number of primary amides is 1. The Balaban J connectivity index is 2.47. The van der Waals surface area contributed by atoms with Gasteiger partial charge in [-0.1, -0.05) is 30.3 Å². The summed E-state index contributed by atoms with van der Waals surface area (Å²) in [5, 5.41) is 1.71. The molecule has 6 nitrogen and oxygen atoms in total. The molecule has 0 radical (unpaired) electrons. The van der Waals surface area contributed by atoms with Crippen molar-refractivity contribution in [3.63, 3.8) is 0 Å². The number of rotatable bonds is 4. The fourth-order valence-electron chi connectivity index (χ4n) is 2.24. The van der Waals surface area contributed by atoms with Crippen LogP contribution in [0.4, 0.5) is 18.0 Å². The van der Waals surface area contributed by atoms with Crippen LogP contribution in [0, 0.1) is 0 Å². The largest absolute Gasteiger partial charge is 0.425 e. The molecule has 1 aromatic rings. The van der Waals surface area contributed by atoms with Crippen molar-refractivity contribution in [3.05, 3.63) is 35.9 Å². The number of hydrogen-bond donors (Lipinski definition) is 2. The molecule has 1 saturated heterocycles. The Labute approximate surface area is 123 Å². The summed E-state index contributed by atoms with van der Waals surface area (Å²) in [5.41, 5.74) is 1.34. The lowest BCUT2D eigenvalue weighted by molar-refractivity contribution is -0.198. The Hall–Kier alpha value is -2.58. The molecule has 0 saturated carbocycles. The lowest BCUT2D eigenvalue weighted by atomic mass is 9.89. The van der Waals surface area contributed by atoms with E-state index in [9.17, 15) is 27.6 Å². The van der Waals surface area contributed by atoms with Gasteiger partial charge >= 0.3 is 12.2 Å². The first kappa shape index (κ1) is 15.8. The van der Waals surface area contributed by atoms with Gasteiger partial charge in [-0.3, -0.25) is 14.5 Å². The van der Waals surface area contributed by atoms with Crippen molar-refractivity contribution in [2.45, 2.75) is 18.1 Å². The number of benzene rings is 1. The molecule has 1 aromatic carbocycles. The fraction of sp³-hybridized carbons (Fsp3) is 0.308. The predicted octanol–water partition coefficient (Wildman–Crippen LogP) is 0.871. The molecule has 0 aromatic heterocycles. The Morgan fingerprint density at radius 1 is 1.23 bits per heavy atom. The number of alkyl halides is 3. The Kier molecular flexibility index (Phi) is 3.82. The van der Waals surface area contributed by atoms with Gasteiger partial charge in [-0.15, -0.1) is 0 Å². The van der Waals surface area contributed by atoms with Crippen molar-refractivity contribution in [2.24, 2.45) is 5.73 Å². The highest BCUT2D eigenvalue weighted by Crippen LogP contribution is 2.43. The van der Waals surface area contributed by atoms with Crippen molar-refractivity contribution in [2.75, 3.05) is 6.54 Å². The Bertz CT molecular complexity index is 618. The highest BCUT2D eigenvalue weighted by Gasteiger charge is 2.68. The lowest BCUT2D eigenvalue weighted by Gasteiger charge is -2.29. The zero-order valence-corrected chi connectivity index (χ0v) is 11.2. The zero-order valence-electron chi connectivity index (χ0n) is 11.2. The van der Waals surface area contributed by atoms with Crippen molar-refractivity contribution in [3.8, 4) is 0 Å².